The van der Waals surface area contributed by atoms with Crippen molar-refractivity contribution in [2.45, 2.75) is 26.5 Å². The molecule has 0 amide bonds. The minimum atomic E-state index is 0.320. The summed E-state index contributed by atoms with van der Waals surface area (Å²) in [5.41, 5.74) is 4.18. The highest BCUT2D eigenvalue weighted by Crippen LogP contribution is 2.30. The molecule has 0 atom stereocenters. The van der Waals surface area contributed by atoms with Crippen molar-refractivity contribution in [2.24, 2.45) is 0 Å². The Bertz CT molecular complexity index is 1290. The average molecular weight is 455 g/mol. The third-order valence-electron chi connectivity index (χ3n) is 5.55. The first-order valence-electron chi connectivity index (χ1n) is 11.4. The highest BCUT2D eigenvalue weighted by Gasteiger charge is 2.13. The van der Waals surface area contributed by atoms with Gasteiger partial charge in [-0.15, -0.1) is 6.58 Å². The van der Waals surface area contributed by atoms with Crippen molar-refractivity contribution in [3.63, 3.8) is 0 Å². The van der Waals surface area contributed by atoms with E-state index in [0.717, 1.165) is 40.2 Å². The van der Waals surface area contributed by atoms with Gasteiger partial charge in [0, 0.05) is 0 Å². The van der Waals surface area contributed by atoms with Crippen molar-refractivity contribution >= 4 is 17.1 Å². The Morgan fingerprint density at radius 3 is 2.59 bits per heavy atom. The number of allylic oxidation sites excluding steroid dienone is 2. The minimum absolute atomic E-state index is 0.320. The maximum absolute atomic E-state index is 6.15. The van der Waals surface area contributed by atoms with Crippen LogP contribution in [0.2, 0.25) is 0 Å². The number of ether oxygens (including phenoxy) is 3. The summed E-state index contributed by atoms with van der Waals surface area (Å²) in [4.78, 5) is 4.82. The number of methoxy groups -OCH3 is 1. The molecule has 0 spiro atoms. The van der Waals surface area contributed by atoms with Gasteiger partial charge in [0.2, 0.25) is 0 Å². The Balaban J connectivity index is 1.52. The lowest BCUT2D eigenvalue weighted by molar-refractivity contribution is 0.261. The van der Waals surface area contributed by atoms with Crippen LogP contribution in [-0.4, -0.2) is 23.3 Å². The number of fused-ring (bicyclic) bond motifs is 1. The zero-order valence-corrected chi connectivity index (χ0v) is 19.7. The highest BCUT2D eigenvalue weighted by molar-refractivity contribution is 5.75. The molecule has 0 bridgehead atoms. The molecule has 0 unspecified atom stereocenters. The molecular weight excluding hydrogens is 424 g/mol. The number of benzene rings is 3. The molecule has 5 nitrogen and oxygen atoms in total. The number of rotatable bonds is 11. The quantitative estimate of drug-likeness (QED) is 0.244. The highest BCUT2D eigenvalue weighted by atomic mass is 16.5. The summed E-state index contributed by atoms with van der Waals surface area (Å²) in [5.74, 6) is 3.10. The first-order chi connectivity index (χ1) is 16.7. The standard InChI is InChI=1S/C29H30N2O3/c1-4-10-22-16-17-27(28(20-22)32-3)34-21-29-30-24-13-7-8-14-25(24)31(29)18-19-33-26-15-9-6-12-23(26)11-5-2/h4-10,12-17,20H,2,11,18-19,21H2,1,3H3/b10-4-. The van der Waals surface area contributed by atoms with Gasteiger partial charge in [-0.3, -0.25) is 0 Å². The van der Waals surface area contributed by atoms with Gasteiger partial charge in [-0.05, 0) is 54.8 Å². The van der Waals surface area contributed by atoms with Crippen molar-refractivity contribution in [3.8, 4) is 17.2 Å². The van der Waals surface area contributed by atoms with E-state index in [1.54, 1.807) is 7.11 Å². The SMILES string of the molecule is C=CCc1ccccc1OCCn1c(COc2ccc(/C=C\C)cc2OC)nc2ccccc21. The molecule has 0 N–H and O–H groups in total. The molecule has 0 aliphatic heterocycles. The number of aromatic nitrogens is 2. The van der Waals surface area contributed by atoms with Crippen LogP contribution in [0.1, 0.15) is 23.9 Å². The number of imidazole rings is 1. The summed E-state index contributed by atoms with van der Waals surface area (Å²) < 4.78 is 20.0. The number of hydrogen-bond donors (Lipinski definition) is 0. The summed E-state index contributed by atoms with van der Waals surface area (Å²) in [6, 6.07) is 22.1. The average Bonchev–Trinajstić information content (AvgIpc) is 3.22. The first kappa shape index (κ1) is 23.2. The summed E-state index contributed by atoms with van der Waals surface area (Å²) in [5, 5.41) is 0. The second kappa shape index (κ2) is 11.2. The molecule has 4 aromatic rings. The van der Waals surface area contributed by atoms with Gasteiger partial charge in [0.05, 0.1) is 24.7 Å². The van der Waals surface area contributed by atoms with E-state index in [1.807, 2.05) is 79.7 Å². The Morgan fingerprint density at radius 2 is 1.76 bits per heavy atom. The normalized spacial score (nSPS) is 11.1. The van der Waals surface area contributed by atoms with Crippen LogP contribution in [0.15, 0.2) is 85.5 Å². The van der Waals surface area contributed by atoms with E-state index in [4.69, 9.17) is 19.2 Å². The van der Waals surface area contributed by atoms with E-state index >= 15 is 0 Å². The van der Waals surface area contributed by atoms with Crippen LogP contribution < -0.4 is 14.2 Å². The fraction of sp³-hybridized carbons (Fsp3) is 0.207. The van der Waals surface area contributed by atoms with E-state index in [0.29, 0.717) is 31.3 Å². The van der Waals surface area contributed by atoms with Gasteiger partial charge in [0.15, 0.2) is 11.5 Å². The van der Waals surface area contributed by atoms with Crippen molar-refractivity contribution in [2.75, 3.05) is 13.7 Å². The van der Waals surface area contributed by atoms with Gasteiger partial charge < -0.3 is 18.8 Å². The lowest BCUT2D eigenvalue weighted by Gasteiger charge is -2.14. The Kier molecular flexibility index (Phi) is 7.66. The fourth-order valence-corrected chi connectivity index (χ4v) is 3.94. The Hall–Kier alpha value is -3.99. The molecule has 0 radical (unpaired) electrons. The predicted molar refractivity (Wildman–Crippen MR) is 138 cm³/mol. The molecule has 1 heterocycles. The van der Waals surface area contributed by atoms with Crippen molar-refractivity contribution in [3.05, 3.63) is 102 Å². The molecule has 34 heavy (non-hydrogen) atoms. The molecule has 0 aliphatic carbocycles. The fourth-order valence-electron chi connectivity index (χ4n) is 3.94. The van der Waals surface area contributed by atoms with E-state index in [2.05, 4.69) is 23.3 Å². The van der Waals surface area contributed by atoms with Gasteiger partial charge in [-0.2, -0.15) is 0 Å². The van der Waals surface area contributed by atoms with Crippen molar-refractivity contribution in [1.82, 2.24) is 9.55 Å². The molecule has 0 fully saturated rings. The summed E-state index contributed by atoms with van der Waals surface area (Å²) in [6.45, 7) is 7.32. The van der Waals surface area contributed by atoms with Crippen molar-refractivity contribution in [1.29, 1.82) is 0 Å². The summed E-state index contributed by atoms with van der Waals surface area (Å²) in [6.07, 6.45) is 6.69. The second-order valence-electron chi connectivity index (χ2n) is 7.82. The molecule has 3 aromatic carbocycles. The molecule has 5 heteroatoms. The van der Waals surface area contributed by atoms with Crippen LogP contribution in [0.5, 0.6) is 17.2 Å². The van der Waals surface area contributed by atoms with Crippen LogP contribution >= 0.6 is 0 Å². The van der Waals surface area contributed by atoms with Crippen molar-refractivity contribution < 1.29 is 14.2 Å². The van der Waals surface area contributed by atoms with E-state index in [9.17, 15) is 0 Å². The van der Waals surface area contributed by atoms with Crippen LogP contribution in [0.25, 0.3) is 17.1 Å². The maximum atomic E-state index is 6.15. The van der Waals surface area contributed by atoms with E-state index in [-0.39, 0.29) is 0 Å². The van der Waals surface area contributed by atoms with Crippen LogP contribution in [0.3, 0.4) is 0 Å². The third-order valence-corrected chi connectivity index (χ3v) is 5.55. The molecule has 0 saturated heterocycles. The van der Waals surface area contributed by atoms with Crippen LogP contribution in [0.4, 0.5) is 0 Å². The largest absolute Gasteiger partial charge is 0.493 e. The third kappa shape index (κ3) is 5.31. The number of nitrogens with zero attached hydrogens (tertiary/aromatic N) is 2. The summed E-state index contributed by atoms with van der Waals surface area (Å²) in [7, 11) is 1.65. The molecule has 4 rings (SSSR count). The summed E-state index contributed by atoms with van der Waals surface area (Å²) >= 11 is 0. The monoisotopic (exact) mass is 454 g/mol. The van der Waals surface area contributed by atoms with Gasteiger partial charge in [-0.25, -0.2) is 4.98 Å². The topological polar surface area (TPSA) is 45.5 Å². The maximum Gasteiger partial charge on any atom is 0.161 e. The second-order valence-corrected chi connectivity index (χ2v) is 7.82. The minimum Gasteiger partial charge on any atom is -0.493 e. The molecule has 0 aliphatic rings. The van der Waals surface area contributed by atoms with Gasteiger partial charge in [0.25, 0.3) is 0 Å². The number of hydrogen-bond acceptors (Lipinski definition) is 4. The van der Waals surface area contributed by atoms with E-state index < -0.39 is 0 Å². The Labute approximate surface area is 200 Å². The van der Waals surface area contributed by atoms with Gasteiger partial charge >= 0.3 is 0 Å². The zero-order chi connectivity index (χ0) is 23.8. The zero-order valence-electron chi connectivity index (χ0n) is 19.7. The van der Waals surface area contributed by atoms with Crippen LogP contribution in [0, 0.1) is 0 Å². The molecule has 1 aromatic heterocycles. The molecular formula is C29H30N2O3. The van der Waals surface area contributed by atoms with Crippen LogP contribution in [-0.2, 0) is 19.6 Å². The van der Waals surface area contributed by atoms with E-state index in [1.165, 1.54) is 0 Å². The van der Waals surface area contributed by atoms with Gasteiger partial charge in [-0.1, -0.05) is 54.6 Å². The Morgan fingerprint density at radius 1 is 0.941 bits per heavy atom. The molecule has 0 saturated carbocycles. The predicted octanol–water partition coefficient (Wildman–Crippen LogP) is 6.46. The smallest absolute Gasteiger partial charge is 0.161 e. The number of para-hydroxylation sites is 3. The van der Waals surface area contributed by atoms with Gasteiger partial charge in [0.1, 0.15) is 24.8 Å². The lowest BCUT2D eigenvalue weighted by Crippen LogP contribution is -2.13. The lowest BCUT2D eigenvalue weighted by atomic mass is 10.1. The molecule has 174 valence electrons. The first-order valence-corrected chi connectivity index (χ1v) is 11.4.